The third-order valence-electron chi connectivity index (χ3n) is 10.3. The van der Waals surface area contributed by atoms with Crippen molar-refractivity contribution in [3.8, 4) is 0 Å². The van der Waals surface area contributed by atoms with Gasteiger partial charge in [-0.2, -0.15) is 0 Å². The molecule has 0 saturated carbocycles. The van der Waals surface area contributed by atoms with Gasteiger partial charge >= 0.3 is 20.1 Å². The number of carbonyl (C=O) groups excluding carboxylic acids is 3. The van der Waals surface area contributed by atoms with E-state index in [4.69, 9.17) is 0 Å². The van der Waals surface area contributed by atoms with E-state index in [2.05, 4.69) is 10.6 Å². The maximum absolute atomic E-state index is 14.0. The van der Waals surface area contributed by atoms with Gasteiger partial charge in [0.25, 0.3) is 0 Å². The second kappa shape index (κ2) is 16.6. The number of benzene rings is 2. The smallest absolute Gasteiger partial charge is 0.417 e. The van der Waals surface area contributed by atoms with Crippen molar-refractivity contribution in [3.63, 3.8) is 0 Å². The number of likely N-dealkylation sites (tertiary alicyclic amines) is 1. The number of fused-ring (bicyclic) bond motifs is 2. The number of aliphatic carboxylic acids is 1. The minimum atomic E-state index is -1.49. The quantitative estimate of drug-likeness (QED) is 0.102. The lowest BCUT2D eigenvalue weighted by Crippen LogP contribution is -2.59. The minimum absolute atomic E-state index is 0.00174. The number of hydrogen-bond acceptors (Lipinski definition) is 9. The molecule has 2 aromatic rings. The van der Waals surface area contributed by atoms with Gasteiger partial charge in [-0.1, -0.05) is 25.5 Å². The summed E-state index contributed by atoms with van der Waals surface area (Å²) in [5.74, 6) is -3.90. The van der Waals surface area contributed by atoms with E-state index in [0.717, 1.165) is 0 Å². The zero-order valence-electron chi connectivity index (χ0n) is 28.8. The topological polar surface area (TPSA) is 183 Å². The highest BCUT2D eigenvalue weighted by Crippen LogP contribution is 2.25. The van der Waals surface area contributed by atoms with Gasteiger partial charge in [-0.25, -0.2) is 13.6 Å². The summed E-state index contributed by atoms with van der Waals surface area (Å²) in [6.07, 6.45) is 1.76. The summed E-state index contributed by atoms with van der Waals surface area (Å²) in [5, 5.41) is 46.6. The number of halogens is 2. The number of amides is 3. The van der Waals surface area contributed by atoms with Crippen LogP contribution in [-0.2, 0) is 32.3 Å². The molecule has 0 spiro atoms. The maximum atomic E-state index is 14.0. The number of carboxylic acids is 1. The average Bonchev–Trinajstić information content (AvgIpc) is 3.78. The van der Waals surface area contributed by atoms with Crippen LogP contribution >= 0.6 is 0 Å². The van der Waals surface area contributed by atoms with Gasteiger partial charge in [-0.3, -0.25) is 19.2 Å². The molecule has 274 valence electrons. The van der Waals surface area contributed by atoms with Gasteiger partial charge < -0.3 is 40.6 Å². The van der Waals surface area contributed by atoms with Gasteiger partial charge in [0.05, 0.1) is 12.1 Å². The fraction of sp³-hybridized carbons (Fsp3) is 0.529. The highest BCUT2D eigenvalue weighted by molar-refractivity contribution is 6.66. The lowest BCUT2D eigenvalue weighted by atomic mass is 9.72. The number of carbonyl (C=O) groups is 4. The van der Waals surface area contributed by atoms with Crippen LogP contribution in [-0.4, -0.2) is 116 Å². The fourth-order valence-electron chi connectivity index (χ4n) is 7.42. The molecule has 3 aliphatic heterocycles. The predicted molar refractivity (Wildman–Crippen MR) is 184 cm³/mol. The molecule has 1 fully saturated rings. The van der Waals surface area contributed by atoms with Crippen LogP contribution in [0.3, 0.4) is 0 Å². The van der Waals surface area contributed by atoms with Crippen LogP contribution in [0.15, 0.2) is 36.4 Å². The first-order valence-electron chi connectivity index (χ1n) is 17.5. The number of nitrogens with zero attached hydrogens (tertiary/aromatic N) is 3. The third-order valence-corrected chi connectivity index (χ3v) is 10.3. The molecule has 5 rings (SSSR count). The van der Waals surface area contributed by atoms with Gasteiger partial charge in [0.2, 0.25) is 17.7 Å². The number of hydrogen-bond donors (Lipinski definition) is 6. The molecule has 0 aromatic heterocycles. The van der Waals surface area contributed by atoms with Crippen LogP contribution in [0, 0.1) is 17.6 Å². The summed E-state index contributed by atoms with van der Waals surface area (Å²) in [7, 11) is -2.28. The molecule has 17 heteroatoms. The first-order valence-corrected chi connectivity index (χ1v) is 17.5. The standard InChI is InChI=1S/C34H45B2F2N5O8/c1-3-21(33(47)42-14-6-8-28(42)32(46)40-30(20(2)44)34(48)49)7-4-5-13-39-31(45)29(43-18-23-16-25(38)10-12-27(23)36(43)51)19-41-17-22-15-24(37)9-11-26(22)35(41)50/h9-12,15-16,20-21,28-30,44,50-51H,3-8,13-14,17-19H2,1-2H3,(H,39,45)(H,40,46)(H,48,49)/t20-,21+,28+,29+,30+/m1/s1. The molecular weight excluding hydrogens is 666 g/mol. The molecule has 6 N–H and O–H groups in total. The zero-order chi connectivity index (χ0) is 37.0. The largest absolute Gasteiger partial charge is 0.480 e. The Bertz CT molecular complexity index is 1620. The normalized spacial score (nSPS) is 19.7. The number of aliphatic hydroxyl groups is 1. The first kappa shape index (κ1) is 38.3. The van der Waals surface area contributed by atoms with Crippen molar-refractivity contribution < 1.29 is 48.2 Å². The molecule has 5 atom stereocenters. The average molecular weight is 711 g/mol. The highest BCUT2D eigenvalue weighted by Gasteiger charge is 2.44. The van der Waals surface area contributed by atoms with Crippen molar-refractivity contribution in [2.45, 2.75) is 89.7 Å². The summed E-state index contributed by atoms with van der Waals surface area (Å²) in [4.78, 5) is 56.3. The summed E-state index contributed by atoms with van der Waals surface area (Å²) >= 11 is 0. The number of nitrogens with one attached hydrogen (secondary N) is 2. The molecule has 0 bridgehead atoms. The first-order chi connectivity index (χ1) is 24.3. The van der Waals surface area contributed by atoms with Crippen LogP contribution in [0.4, 0.5) is 8.78 Å². The Morgan fingerprint density at radius 1 is 0.980 bits per heavy atom. The lowest BCUT2D eigenvalue weighted by molar-refractivity contribution is -0.147. The Balaban J connectivity index is 1.17. The van der Waals surface area contributed by atoms with E-state index in [9.17, 15) is 48.2 Å². The molecule has 0 aliphatic carbocycles. The SMILES string of the molecule is CC[C@@H](CCCCNC(=O)[C@H](CN1Cc2cc(F)ccc2B1O)N1Cc2cc(F)ccc2B1O)C(=O)N1CCC[C@H]1C(=O)N[C@H](C(=O)O)[C@@H](C)O. The number of rotatable bonds is 15. The van der Waals surface area contributed by atoms with Crippen molar-refractivity contribution in [3.05, 3.63) is 59.2 Å². The predicted octanol–water partition coefficient (Wildman–Crippen LogP) is -0.706. The zero-order valence-corrected chi connectivity index (χ0v) is 28.8. The molecule has 0 radical (unpaired) electrons. The second-order valence-electron chi connectivity index (χ2n) is 13.7. The Hall–Kier alpha value is -3.89. The van der Waals surface area contributed by atoms with Gasteiger partial charge in [0.1, 0.15) is 17.7 Å². The van der Waals surface area contributed by atoms with Gasteiger partial charge in [-0.15, -0.1) is 0 Å². The summed E-state index contributed by atoms with van der Waals surface area (Å²) in [5.41, 5.74) is 2.16. The maximum Gasteiger partial charge on any atom is 0.417 e. The van der Waals surface area contributed by atoms with Crippen molar-refractivity contribution in [2.24, 2.45) is 5.92 Å². The minimum Gasteiger partial charge on any atom is -0.480 e. The molecule has 3 heterocycles. The number of carboxylic acid groups (broad SMARTS) is 1. The third kappa shape index (κ3) is 8.60. The van der Waals surface area contributed by atoms with Crippen molar-refractivity contribution in [2.75, 3.05) is 19.6 Å². The Kier molecular flexibility index (Phi) is 12.5. The Morgan fingerprint density at radius 3 is 2.25 bits per heavy atom. The molecule has 2 aromatic carbocycles. The molecule has 3 amide bonds. The van der Waals surface area contributed by atoms with E-state index in [0.29, 0.717) is 67.1 Å². The van der Waals surface area contributed by atoms with Crippen molar-refractivity contribution in [1.29, 1.82) is 0 Å². The van der Waals surface area contributed by atoms with Gasteiger partial charge in [0, 0.05) is 38.6 Å². The molecule has 13 nitrogen and oxygen atoms in total. The van der Waals surface area contributed by atoms with E-state index in [1.165, 1.54) is 48.2 Å². The van der Waals surface area contributed by atoms with E-state index >= 15 is 0 Å². The molecule has 1 saturated heterocycles. The van der Waals surface area contributed by atoms with E-state index in [1.54, 1.807) is 9.62 Å². The summed E-state index contributed by atoms with van der Waals surface area (Å²) in [6.45, 7) is 4.05. The fourth-order valence-corrected chi connectivity index (χ4v) is 7.42. The summed E-state index contributed by atoms with van der Waals surface area (Å²) < 4.78 is 28.0. The van der Waals surface area contributed by atoms with Gasteiger partial charge in [-0.05, 0) is 85.3 Å². The Morgan fingerprint density at radius 2 is 1.63 bits per heavy atom. The van der Waals surface area contributed by atoms with Crippen molar-refractivity contribution >= 4 is 48.7 Å². The van der Waals surface area contributed by atoms with E-state index in [1.807, 2.05) is 6.92 Å². The molecule has 51 heavy (non-hydrogen) atoms. The van der Waals surface area contributed by atoms with E-state index < -0.39 is 73.7 Å². The molecule has 3 aliphatic rings. The summed E-state index contributed by atoms with van der Waals surface area (Å²) in [6, 6.07) is 4.89. The van der Waals surface area contributed by atoms with Gasteiger partial charge in [0.15, 0.2) is 6.04 Å². The van der Waals surface area contributed by atoms with Crippen LogP contribution in [0.2, 0.25) is 0 Å². The molecular formula is C34H45B2F2N5O8. The second-order valence-corrected chi connectivity index (χ2v) is 13.7. The van der Waals surface area contributed by atoms with Crippen LogP contribution in [0.5, 0.6) is 0 Å². The monoisotopic (exact) mass is 711 g/mol. The highest BCUT2D eigenvalue weighted by atomic mass is 19.1. The van der Waals surface area contributed by atoms with Crippen LogP contribution in [0.1, 0.15) is 63.5 Å². The lowest BCUT2D eigenvalue weighted by Gasteiger charge is -2.32. The van der Waals surface area contributed by atoms with E-state index in [-0.39, 0.29) is 32.1 Å². The molecule has 0 unspecified atom stereocenters. The Labute approximate surface area is 296 Å². The number of unbranched alkanes of at least 4 members (excludes halogenated alkanes) is 1. The van der Waals surface area contributed by atoms with Crippen molar-refractivity contribution in [1.82, 2.24) is 25.2 Å². The van der Waals surface area contributed by atoms with Crippen LogP contribution < -0.4 is 21.6 Å². The van der Waals surface area contributed by atoms with Crippen LogP contribution in [0.25, 0.3) is 0 Å². The number of aliphatic hydroxyl groups excluding tert-OH is 1.